The van der Waals surface area contributed by atoms with Crippen molar-refractivity contribution < 1.29 is 27.6 Å². The number of aryl methyl sites for hydroxylation is 4. The van der Waals surface area contributed by atoms with E-state index in [2.05, 4.69) is 36.0 Å². The molecule has 0 saturated carbocycles. The van der Waals surface area contributed by atoms with Gasteiger partial charge in [-0.05, 0) is 158 Å². The van der Waals surface area contributed by atoms with E-state index in [0.29, 0.717) is 57.0 Å². The number of fused-ring (bicyclic) bond motifs is 2. The van der Waals surface area contributed by atoms with Gasteiger partial charge in [-0.15, -0.1) is 10.2 Å². The van der Waals surface area contributed by atoms with E-state index < -0.39 is 10.1 Å². The summed E-state index contributed by atoms with van der Waals surface area (Å²) in [4.78, 5) is -0.356. The zero-order valence-electron chi connectivity index (χ0n) is 33.9. The first-order valence-electron chi connectivity index (χ1n) is 19.1. The van der Waals surface area contributed by atoms with Crippen molar-refractivity contribution in [2.24, 2.45) is 30.7 Å². The Morgan fingerprint density at radius 1 is 0.583 bits per heavy atom. The summed E-state index contributed by atoms with van der Waals surface area (Å²) in [5.41, 5.74) is 7.63. The lowest BCUT2D eigenvalue weighted by Gasteiger charge is -2.11. The standard InChI is InChI=1S/C46H43N7O6S/c1-7-19-59-44-10-8-9-31-25-45(60(55,56)57)43(26-37(31)44)53-52-42-23-29(4)41(22-30(42)5)51-50-40-21-27(2)39(20-28(40)3)49-48-38-18-11-32-24-34(14-17-36(32)46(38)54)47-33-12-15-35(58-6)16-13-33/h8-18,20-26,47,54H,7,19H2,1-6H3,(H,55,56,57). The molecule has 13 nitrogen and oxygen atoms in total. The number of phenolic OH excluding ortho intramolecular Hbond substituents is 1. The van der Waals surface area contributed by atoms with Gasteiger partial charge in [0.2, 0.25) is 0 Å². The number of anilines is 2. The number of benzene rings is 7. The summed E-state index contributed by atoms with van der Waals surface area (Å²) in [6.45, 7) is 10.0. The smallest absolute Gasteiger partial charge is 0.296 e. The number of ether oxygens (including phenoxy) is 2. The highest BCUT2D eigenvalue weighted by Crippen LogP contribution is 2.40. The second-order valence-electron chi connectivity index (χ2n) is 14.3. The minimum atomic E-state index is -4.61. The summed E-state index contributed by atoms with van der Waals surface area (Å²) >= 11 is 0. The lowest BCUT2D eigenvalue weighted by molar-refractivity contribution is 0.321. The summed E-state index contributed by atoms with van der Waals surface area (Å²) in [5, 5.41) is 43.8. The average Bonchev–Trinajstić information content (AvgIpc) is 3.23. The number of hydrogen-bond acceptors (Lipinski definition) is 12. The van der Waals surface area contributed by atoms with E-state index in [4.69, 9.17) is 9.47 Å². The van der Waals surface area contributed by atoms with E-state index in [1.165, 1.54) is 6.07 Å². The second kappa shape index (κ2) is 17.4. The van der Waals surface area contributed by atoms with Crippen LogP contribution in [0.2, 0.25) is 0 Å². The molecule has 0 radical (unpaired) electrons. The first kappa shape index (κ1) is 41.1. The van der Waals surface area contributed by atoms with Crippen LogP contribution in [-0.4, -0.2) is 31.8 Å². The van der Waals surface area contributed by atoms with Gasteiger partial charge in [-0.1, -0.05) is 25.1 Å². The van der Waals surface area contributed by atoms with Crippen LogP contribution in [0.25, 0.3) is 21.5 Å². The van der Waals surface area contributed by atoms with Crippen LogP contribution in [0.3, 0.4) is 0 Å². The molecule has 60 heavy (non-hydrogen) atoms. The Hall–Kier alpha value is -7.03. The van der Waals surface area contributed by atoms with Crippen LogP contribution in [0.1, 0.15) is 35.6 Å². The zero-order chi connectivity index (χ0) is 42.6. The van der Waals surface area contributed by atoms with Gasteiger partial charge in [0.15, 0.2) is 5.75 Å². The van der Waals surface area contributed by atoms with Crippen molar-refractivity contribution >= 4 is 77.2 Å². The Morgan fingerprint density at radius 2 is 1.12 bits per heavy atom. The fourth-order valence-electron chi connectivity index (χ4n) is 6.51. The van der Waals surface area contributed by atoms with E-state index in [9.17, 15) is 18.1 Å². The van der Waals surface area contributed by atoms with Gasteiger partial charge >= 0.3 is 0 Å². The van der Waals surface area contributed by atoms with Crippen LogP contribution in [0.15, 0.2) is 145 Å². The molecule has 0 aliphatic rings. The molecule has 0 bridgehead atoms. The molecule has 0 atom stereocenters. The van der Waals surface area contributed by atoms with Crippen LogP contribution in [0, 0.1) is 27.7 Å². The predicted molar refractivity (Wildman–Crippen MR) is 236 cm³/mol. The third-order valence-corrected chi connectivity index (χ3v) is 10.7. The molecule has 304 valence electrons. The molecule has 0 unspecified atom stereocenters. The van der Waals surface area contributed by atoms with Gasteiger partial charge in [0.1, 0.15) is 27.8 Å². The topological polar surface area (TPSA) is 179 Å². The number of nitrogens with zero attached hydrogens (tertiary/aromatic N) is 6. The molecule has 0 aromatic heterocycles. The highest BCUT2D eigenvalue weighted by atomic mass is 32.2. The molecular weight excluding hydrogens is 779 g/mol. The highest BCUT2D eigenvalue weighted by molar-refractivity contribution is 7.86. The predicted octanol–water partition coefficient (Wildman–Crippen LogP) is 14.0. The van der Waals surface area contributed by atoms with Gasteiger partial charge in [-0.25, -0.2) is 0 Å². The third kappa shape index (κ3) is 9.15. The van der Waals surface area contributed by atoms with Crippen LogP contribution in [-0.2, 0) is 10.1 Å². The van der Waals surface area contributed by atoms with Gasteiger partial charge in [-0.3, -0.25) is 4.55 Å². The van der Waals surface area contributed by atoms with Crippen molar-refractivity contribution in [1.82, 2.24) is 0 Å². The average molecular weight is 822 g/mol. The fraction of sp³-hybridized carbons (Fsp3) is 0.174. The maximum Gasteiger partial charge on any atom is 0.296 e. The first-order chi connectivity index (χ1) is 28.8. The Kier molecular flexibility index (Phi) is 12.0. The number of azo groups is 3. The molecule has 0 aliphatic carbocycles. The van der Waals surface area contributed by atoms with Crippen LogP contribution < -0.4 is 14.8 Å². The van der Waals surface area contributed by atoms with Crippen molar-refractivity contribution in [1.29, 1.82) is 0 Å². The molecule has 0 aliphatic heterocycles. The highest BCUT2D eigenvalue weighted by Gasteiger charge is 2.19. The maximum atomic E-state index is 12.4. The number of rotatable bonds is 13. The molecule has 7 aromatic rings. The van der Waals surface area contributed by atoms with Crippen molar-refractivity contribution in [2.45, 2.75) is 45.9 Å². The van der Waals surface area contributed by atoms with Crippen molar-refractivity contribution in [2.75, 3.05) is 19.0 Å². The maximum absolute atomic E-state index is 12.4. The summed E-state index contributed by atoms with van der Waals surface area (Å²) < 4.78 is 45.9. The van der Waals surface area contributed by atoms with Gasteiger partial charge in [0, 0.05) is 22.1 Å². The molecule has 7 aromatic carbocycles. The van der Waals surface area contributed by atoms with Gasteiger partial charge < -0.3 is 19.9 Å². The Balaban J connectivity index is 1.08. The summed E-state index contributed by atoms with van der Waals surface area (Å²) in [6, 6.07) is 32.6. The molecule has 3 N–H and O–H groups in total. The van der Waals surface area contributed by atoms with Crippen LogP contribution in [0.5, 0.6) is 17.2 Å². The van der Waals surface area contributed by atoms with Crippen molar-refractivity contribution in [3.05, 3.63) is 131 Å². The first-order valence-corrected chi connectivity index (χ1v) is 20.6. The van der Waals surface area contributed by atoms with Gasteiger partial charge in [0.25, 0.3) is 10.1 Å². The molecule has 0 heterocycles. The van der Waals surface area contributed by atoms with Crippen molar-refractivity contribution in [3.8, 4) is 17.2 Å². The van der Waals surface area contributed by atoms with E-state index in [-0.39, 0.29) is 16.3 Å². The summed E-state index contributed by atoms with van der Waals surface area (Å²) in [7, 11) is -2.98. The SMILES string of the molecule is CCCOc1cccc2cc(S(=O)(=O)O)c(N=Nc3cc(C)c(N=Nc4cc(C)c(N=Nc5ccc6cc(Nc7ccc(OC)cc7)ccc6c5O)cc4C)cc3C)cc12. The normalized spacial score (nSPS) is 12.1. The molecule has 0 amide bonds. The minimum absolute atomic E-state index is 0.0189. The largest absolute Gasteiger partial charge is 0.505 e. The van der Waals surface area contributed by atoms with Crippen LogP contribution >= 0.6 is 0 Å². The second-order valence-corrected chi connectivity index (χ2v) is 15.7. The Labute approximate surface area is 347 Å². The molecular formula is C46H43N7O6S. The number of aromatic hydroxyl groups is 1. The van der Waals surface area contributed by atoms with Gasteiger partial charge in [0.05, 0.1) is 36.5 Å². The van der Waals surface area contributed by atoms with Crippen LogP contribution in [0.4, 0.5) is 45.5 Å². The van der Waals surface area contributed by atoms with E-state index in [1.807, 2.05) is 101 Å². The molecule has 7 rings (SSSR count). The van der Waals surface area contributed by atoms with E-state index in [1.54, 1.807) is 43.5 Å². The molecule has 14 heteroatoms. The molecule has 0 fully saturated rings. The number of nitrogens with one attached hydrogen (secondary N) is 1. The number of hydrogen-bond donors (Lipinski definition) is 3. The lowest BCUT2D eigenvalue weighted by atomic mass is 10.1. The van der Waals surface area contributed by atoms with E-state index >= 15 is 0 Å². The molecule has 0 saturated heterocycles. The summed E-state index contributed by atoms with van der Waals surface area (Å²) in [5.74, 6) is 1.39. The molecule has 0 spiro atoms. The zero-order valence-corrected chi connectivity index (χ0v) is 34.7. The van der Waals surface area contributed by atoms with Gasteiger partial charge in [-0.2, -0.15) is 28.9 Å². The van der Waals surface area contributed by atoms with E-state index in [0.717, 1.165) is 51.2 Å². The number of phenols is 1. The fourth-order valence-corrected chi connectivity index (χ4v) is 7.15. The minimum Gasteiger partial charge on any atom is -0.505 e. The lowest BCUT2D eigenvalue weighted by Crippen LogP contribution is -2.00. The number of methoxy groups -OCH3 is 1. The quantitative estimate of drug-likeness (QED) is 0.0764. The third-order valence-electron chi connectivity index (χ3n) is 9.83. The van der Waals surface area contributed by atoms with Crippen molar-refractivity contribution in [3.63, 3.8) is 0 Å². The Bertz CT molecular complexity index is 2970. The summed E-state index contributed by atoms with van der Waals surface area (Å²) in [6.07, 6.45) is 0.799. The monoisotopic (exact) mass is 821 g/mol. The Morgan fingerprint density at radius 3 is 1.67 bits per heavy atom.